The van der Waals surface area contributed by atoms with Gasteiger partial charge in [-0.2, -0.15) is 0 Å². The number of hydrogen-bond acceptors (Lipinski definition) is 5. The number of thiazole rings is 1. The number of hydrogen-bond donors (Lipinski definition) is 1. The van der Waals surface area contributed by atoms with Crippen LogP contribution in [0.1, 0.15) is 37.5 Å². The Hall–Kier alpha value is -3.03. The Balaban J connectivity index is 1.72. The van der Waals surface area contributed by atoms with Gasteiger partial charge in [0.25, 0.3) is 5.91 Å². The van der Waals surface area contributed by atoms with Crippen LogP contribution < -0.4 is 0 Å². The molecule has 2 heterocycles. The fourth-order valence-electron chi connectivity index (χ4n) is 3.58. The van der Waals surface area contributed by atoms with Crippen molar-refractivity contribution in [3.05, 3.63) is 86.3 Å². The third-order valence-corrected chi connectivity index (χ3v) is 5.98. The largest absolute Gasteiger partial charge is 0.478 e. The van der Waals surface area contributed by atoms with E-state index in [2.05, 4.69) is 4.98 Å². The fraction of sp³-hybridized carbons (Fsp3) is 0.182. The van der Waals surface area contributed by atoms with Crippen molar-refractivity contribution in [1.82, 2.24) is 9.88 Å². The van der Waals surface area contributed by atoms with Crippen LogP contribution in [0, 0.1) is 0 Å². The van der Waals surface area contributed by atoms with Crippen LogP contribution in [-0.2, 0) is 24.2 Å². The average molecular weight is 441 g/mol. The number of carbonyl (C=O) groups is 3. The maximum absolute atomic E-state index is 13.4. The van der Waals surface area contributed by atoms with Gasteiger partial charge in [0.2, 0.25) is 0 Å². The predicted octanol–water partition coefficient (Wildman–Crippen LogP) is 3.87. The molecular weight excluding hydrogens is 424 g/mol. The molecule has 0 saturated heterocycles. The van der Waals surface area contributed by atoms with Gasteiger partial charge in [0.05, 0.1) is 22.8 Å². The lowest BCUT2D eigenvalue weighted by atomic mass is 9.99. The highest BCUT2D eigenvalue weighted by molar-refractivity contribution is 7.07. The van der Waals surface area contributed by atoms with Crippen molar-refractivity contribution in [3.63, 3.8) is 0 Å². The van der Waals surface area contributed by atoms with E-state index in [4.69, 9.17) is 16.7 Å². The van der Waals surface area contributed by atoms with Gasteiger partial charge >= 0.3 is 5.97 Å². The molecule has 8 heteroatoms. The minimum atomic E-state index is -1.02. The summed E-state index contributed by atoms with van der Waals surface area (Å²) in [5, 5.41) is 11.4. The number of Topliss-reactive ketones (excluding diaryl/α,β-unsaturated/α-hetero) is 1. The third-order valence-electron chi connectivity index (χ3n) is 5.11. The van der Waals surface area contributed by atoms with Crippen LogP contribution in [0.5, 0.6) is 0 Å². The lowest BCUT2D eigenvalue weighted by Crippen LogP contribution is -2.44. The van der Waals surface area contributed by atoms with Crippen LogP contribution in [-0.4, -0.2) is 38.7 Å². The molecule has 0 aliphatic carbocycles. The van der Waals surface area contributed by atoms with Gasteiger partial charge in [-0.15, -0.1) is 11.3 Å². The highest BCUT2D eigenvalue weighted by atomic mass is 35.5. The Morgan fingerprint density at radius 1 is 1.20 bits per heavy atom. The number of carbonyl (C=O) groups excluding carboxylic acids is 2. The summed E-state index contributed by atoms with van der Waals surface area (Å²) in [6.45, 7) is 0.182. The molecule has 1 aliphatic rings. The molecule has 0 spiro atoms. The van der Waals surface area contributed by atoms with Crippen LogP contribution in [0.3, 0.4) is 0 Å². The lowest BCUT2D eigenvalue weighted by molar-refractivity contribution is -0.122. The summed E-state index contributed by atoms with van der Waals surface area (Å²) < 4.78 is 0. The topological polar surface area (TPSA) is 87.6 Å². The van der Waals surface area contributed by atoms with Gasteiger partial charge in [-0.05, 0) is 41.5 Å². The number of halogens is 1. The van der Waals surface area contributed by atoms with E-state index in [1.54, 1.807) is 40.7 Å². The molecule has 2 aromatic carbocycles. The number of aromatic carboxylic acids is 1. The van der Waals surface area contributed by atoms with Crippen LogP contribution in [0.15, 0.2) is 53.4 Å². The highest BCUT2D eigenvalue weighted by Crippen LogP contribution is 2.27. The molecule has 1 N–H and O–H groups in total. The van der Waals surface area contributed by atoms with Crippen molar-refractivity contribution in [2.45, 2.75) is 25.4 Å². The predicted molar refractivity (Wildman–Crippen MR) is 113 cm³/mol. The number of nitrogens with zero attached hydrogens (tertiary/aromatic N) is 2. The second-order valence-electron chi connectivity index (χ2n) is 7.08. The van der Waals surface area contributed by atoms with Gasteiger partial charge in [0, 0.05) is 35.4 Å². The molecule has 152 valence electrons. The minimum Gasteiger partial charge on any atom is -0.478 e. The first-order valence-electron chi connectivity index (χ1n) is 9.24. The van der Waals surface area contributed by atoms with Crippen LogP contribution >= 0.6 is 22.9 Å². The number of ketones is 1. The SMILES string of the molecule is O=C(O)c1ccc(CN2C(=O)c3ccc(Cl)cc3CC(=O)[C@H]2Cc2cscn2)cc1. The number of aromatic nitrogens is 1. The molecule has 0 radical (unpaired) electrons. The fourth-order valence-corrected chi connectivity index (χ4v) is 4.35. The van der Waals surface area contributed by atoms with E-state index in [0.29, 0.717) is 22.6 Å². The quantitative estimate of drug-likeness (QED) is 0.650. The van der Waals surface area contributed by atoms with E-state index in [-0.39, 0.29) is 30.2 Å². The Kier molecular flexibility index (Phi) is 5.65. The lowest BCUT2D eigenvalue weighted by Gasteiger charge is -2.29. The number of carboxylic acid groups (broad SMARTS) is 1. The Morgan fingerprint density at radius 3 is 2.63 bits per heavy atom. The van der Waals surface area contributed by atoms with E-state index in [1.165, 1.54) is 23.5 Å². The second-order valence-corrected chi connectivity index (χ2v) is 8.23. The van der Waals surface area contributed by atoms with Crippen LogP contribution in [0.25, 0.3) is 0 Å². The molecule has 6 nitrogen and oxygen atoms in total. The molecule has 1 atom stereocenters. The van der Waals surface area contributed by atoms with E-state index >= 15 is 0 Å². The number of rotatable bonds is 5. The Bertz CT molecular complexity index is 1110. The summed E-state index contributed by atoms with van der Waals surface area (Å²) in [4.78, 5) is 43.5. The zero-order valence-corrected chi connectivity index (χ0v) is 17.3. The van der Waals surface area contributed by atoms with Gasteiger partial charge < -0.3 is 10.0 Å². The van der Waals surface area contributed by atoms with E-state index < -0.39 is 12.0 Å². The van der Waals surface area contributed by atoms with Gasteiger partial charge in [0.1, 0.15) is 0 Å². The molecular formula is C22H17ClN2O4S. The van der Waals surface area contributed by atoms with Gasteiger partial charge in [0.15, 0.2) is 5.78 Å². The first-order chi connectivity index (χ1) is 14.4. The third kappa shape index (κ3) is 4.13. The van der Waals surface area contributed by atoms with Crippen molar-refractivity contribution in [2.75, 3.05) is 0 Å². The number of amides is 1. The molecule has 0 saturated carbocycles. The molecule has 0 fully saturated rings. The van der Waals surface area contributed by atoms with E-state index in [0.717, 1.165) is 11.3 Å². The molecule has 1 aromatic heterocycles. The van der Waals surface area contributed by atoms with Crippen LogP contribution in [0.2, 0.25) is 5.02 Å². The van der Waals surface area contributed by atoms with Gasteiger partial charge in [-0.1, -0.05) is 23.7 Å². The molecule has 30 heavy (non-hydrogen) atoms. The second kappa shape index (κ2) is 8.38. The smallest absolute Gasteiger partial charge is 0.335 e. The van der Waals surface area contributed by atoms with Crippen molar-refractivity contribution in [3.8, 4) is 0 Å². The molecule has 1 aliphatic heterocycles. The van der Waals surface area contributed by atoms with Gasteiger partial charge in [-0.3, -0.25) is 9.59 Å². The summed E-state index contributed by atoms with van der Waals surface area (Å²) in [5.74, 6) is -1.36. The molecule has 4 rings (SSSR count). The van der Waals surface area contributed by atoms with Crippen molar-refractivity contribution in [2.24, 2.45) is 0 Å². The zero-order chi connectivity index (χ0) is 21.3. The standard InChI is InChI=1S/C22H17ClN2O4S/c23-16-5-6-18-15(7-16)8-20(26)19(9-17-11-30-12-24-17)25(21(18)27)10-13-1-3-14(4-2-13)22(28)29/h1-7,11-12,19H,8-10H2,(H,28,29)/t19-/m1/s1. The van der Waals surface area contributed by atoms with Crippen LogP contribution in [0.4, 0.5) is 0 Å². The molecule has 1 amide bonds. The van der Waals surface area contributed by atoms with E-state index in [9.17, 15) is 14.4 Å². The number of carboxylic acids is 1. The average Bonchev–Trinajstić information content (AvgIpc) is 3.21. The number of benzene rings is 2. The van der Waals surface area contributed by atoms with Crippen molar-refractivity contribution >= 4 is 40.6 Å². The van der Waals surface area contributed by atoms with E-state index in [1.807, 2.05) is 5.38 Å². The first-order valence-corrected chi connectivity index (χ1v) is 10.6. The zero-order valence-electron chi connectivity index (χ0n) is 15.7. The Labute approximate surface area is 181 Å². The summed E-state index contributed by atoms with van der Waals surface area (Å²) in [7, 11) is 0. The molecule has 0 bridgehead atoms. The minimum absolute atomic E-state index is 0.0838. The van der Waals surface area contributed by atoms with Gasteiger partial charge in [-0.25, -0.2) is 9.78 Å². The molecule has 0 unspecified atom stereocenters. The highest BCUT2D eigenvalue weighted by Gasteiger charge is 2.35. The van der Waals surface area contributed by atoms with Crippen molar-refractivity contribution in [1.29, 1.82) is 0 Å². The Morgan fingerprint density at radius 2 is 1.97 bits per heavy atom. The first kappa shape index (κ1) is 20.3. The maximum atomic E-state index is 13.4. The normalized spacial score (nSPS) is 16.3. The summed E-state index contributed by atoms with van der Waals surface area (Å²) >= 11 is 7.53. The maximum Gasteiger partial charge on any atom is 0.335 e. The summed E-state index contributed by atoms with van der Waals surface area (Å²) in [5.41, 5.74) is 4.42. The molecule has 3 aromatic rings. The number of fused-ring (bicyclic) bond motifs is 1. The van der Waals surface area contributed by atoms with Crippen molar-refractivity contribution < 1.29 is 19.5 Å². The summed E-state index contributed by atoms with van der Waals surface area (Å²) in [6.07, 6.45) is 0.438. The monoisotopic (exact) mass is 440 g/mol. The summed E-state index contributed by atoms with van der Waals surface area (Å²) in [6, 6.07) is 10.6.